The van der Waals surface area contributed by atoms with Crippen LogP contribution in [0.1, 0.15) is 56.4 Å². The molecule has 1 unspecified atom stereocenters. The largest absolute Gasteiger partial charge is 0.484 e. The third-order valence-corrected chi connectivity index (χ3v) is 7.62. The van der Waals surface area contributed by atoms with Crippen molar-refractivity contribution in [1.29, 1.82) is 0 Å². The topological polar surface area (TPSA) is 73.2 Å². The number of amides is 1. The Kier molecular flexibility index (Phi) is 7.70. The number of hydrogen-bond acceptors (Lipinski definition) is 5. The molecule has 6 nitrogen and oxygen atoms in total. The average molecular weight is 512 g/mol. The number of nitrogens with zero attached hydrogens (tertiary/aromatic N) is 2. The lowest BCUT2D eigenvalue weighted by Crippen LogP contribution is -2.18. The highest BCUT2D eigenvalue weighted by atomic mass is 32.2. The summed E-state index contributed by atoms with van der Waals surface area (Å²) < 4.78 is 8.75. The smallest absolute Gasteiger partial charge is 0.251 e. The lowest BCUT2D eigenvalue weighted by Gasteiger charge is -2.25. The molecule has 1 amide bonds. The first-order valence-corrected chi connectivity index (χ1v) is 13.4. The maximum atomic E-state index is 12.7. The van der Waals surface area contributed by atoms with Crippen LogP contribution in [-0.2, 0) is 18.7 Å². The Morgan fingerprint density at radius 1 is 1.11 bits per heavy atom. The van der Waals surface area contributed by atoms with Crippen molar-refractivity contribution in [2.45, 2.75) is 42.6 Å². The van der Waals surface area contributed by atoms with Crippen molar-refractivity contribution in [1.82, 2.24) is 14.9 Å². The molecule has 37 heavy (non-hydrogen) atoms. The van der Waals surface area contributed by atoms with Crippen molar-refractivity contribution in [2.24, 2.45) is 0 Å². The second kappa shape index (κ2) is 11.5. The van der Waals surface area contributed by atoms with Crippen molar-refractivity contribution in [2.75, 3.05) is 7.05 Å². The predicted octanol–water partition coefficient (Wildman–Crippen LogP) is 5.87. The van der Waals surface area contributed by atoms with Crippen molar-refractivity contribution < 1.29 is 14.3 Å². The van der Waals surface area contributed by atoms with E-state index in [2.05, 4.69) is 22.4 Å². The van der Waals surface area contributed by atoms with E-state index in [4.69, 9.17) is 4.74 Å². The van der Waals surface area contributed by atoms with E-state index >= 15 is 0 Å². The molecule has 188 valence electrons. The molecule has 0 spiro atoms. The van der Waals surface area contributed by atoms with Crippen LogP contribution in [0.2, 0.25) is 0 Å². The molecule has 0 aliphatic heterocycles. The van der Waals surface area contributed by atoms with E-state index < -0.39 is 0 Å². The molecular formula is C30H29N3O3S. The van der Waals surface area contributed by atoms with Crippen molar-refractivity contribution in [3.8, 4) is 5.75 Å². The van der Waals surface area contributed by atoms with E-state index in [-0.39, 0.29) is 17.8 Å². The number of Topliss-reactive ketones (excluding diaryl/α,β-unsaturated/α-hetero) is 1. The van der Waals surface area contributed by atoms with Gasteiger partial charge in [-0.2, -0.15) is 0 Å². The number of carbonyl (C=O) groups excluding carboxylic acids is 2. The van der Waals surface area contributed by atoms with Gasteiger partial charge in [-0.05, 0) is 54.3 Å². The number of rotatable bonds is 9. The molecule has 0 bridgehead atoms. The van der Waals surface area contributed by atoms with E-state index in [1.165, 1.54) is 0 Å². The maximum absolute atomic E-state index is 12.7. The number of nitrogens with one attached hydrogen (secondary N) is 1. The van der Waals surface area contributed by atoms with Gasteiger partial charge in [0.05, 0.1) is 12.9 Å². The number of ether oxygens (including phenoxy) is 1. The van der Waals surface area contributed by atoms with Crippen LogP contribution < -0.4 is 10.1 Å². The van der Waals surface area contributed by atoms with Gasteiger partial charge in [-0.15, -0.1) is 11.8 Å². The third kappa shape index (κ3) is 5.78. The summed E-state index contributed by atoms with van der Waals surface area (Å²) in [4.78, 5) is 30.0. The van der Waals surface area contributed by atoms with E-state index in [0.717, 1.165) is 45.7 Å². The minimum absolute atomic E-state index is 0.112. The van der Waals surface area contributed by atoms with Gasteiger partial charge in [-0.1, -0.05) is 36.4 Å². The SMILES string of the molecule is CNC(=O)c1cccc(SCc2c(OC(Cn3ccnc3)c3ccccc3)ccc3c2CCCC3=O)c1. The summed E-state index contributed by atoms with van der Waals surface area (Å²) in [6.07, 6.45) is 7.54. The second-order valence-corrected chi connectivity index (χ2v) is 10.1. The number of hydrogen-bond donors (Lipinski definition) is 1. The molecule has 4 aromatic rings. The Morgan fingerprint density at radius 3 is 2.76 bits per heavy atom. The molecule has 1 atom stereocenters. The Labute approximate surface area is 221 Å². The molecule has 7 heteroatoms. The molecule has 3 aromatic carbocycles. The molecule has 1 aliphatic carbocycles. The van der Waals surface area contributed by atoms with Gasteiger partial charge in [-0.25, -0.2) is 4.98 Å². The van der Waals surface area contributed by atoms with Gasteiger partial charge in [0.15, 0.2) is 5.78 Å². The van der Waals surface area contributed by atoms with Crippen LogP contribution in [0.15, 0.2) is 90.3 Å². The molecule has 1 aromatic heterocycles. The minimum atomic E-state index is -0.229. The number of aromatic nitrogens is 2. The highest BCUT2D eigenvalue weighted by Crippen LogP contribution is 2.38. The van der Waals surface area contributed by atoms with Gasteiger partial charge in [-0.3, -0.25) is 9.59 Å². The van der Waals surface area contributed by atoms with Gasteiger partial charge < -0.3 is 14.6 Å². The Morgan fingerprint density at radius 2 is 1.97 bits per heavy atom. The zero-order valence-corrected chi connectivity index (χ0v) is 21.5. The average Bonchev–Trinajstić information content (AvgIpc) is 3.45. The summed E-state index contributed by atoms with van der Waals surface area (Å²) in [6.45, 7) is 0.612. The van der Waals surface area contributed by atoms with Crippen molar-refractivity contribution >= 4 is 23.5 Å². The monoisotopic (exact) mass is 511 g/mol. The zero-order valence-electron chi connectivity index (χ0n) is 20.7. The highest BCUT2D eigenvalue weighted by molar-refractivity contribution is 7.98. The van der Waals surface area contributed by atoms with Crippen LogP contribution >= 0.6 is 11.8 Å². The van der Waals surface area contributed by atoms with Crippen LogP contribution in [0.4, 0.5) is 0 Å². The molecule has 1 heterocycles. The molecule has 0 saturated carbocycles. The summed E-state index contributed by atoms with van der Waals surface area (Å²) in [7, 11) is 1.63. The summed E-state index contributed by atoms with van der Waals surface area (Å²) in [5.41, 5.74) is 4.63. The first kappa shape index (κ1) is 24.8. The highest BCUT2D eigenvalue weighted by Gasteiger charge is 2.24. The minimum Gasteiger partial charge on any atom is -0.484 e. The normalized spacial score (nSPS) is 13.6. The lowest BCUT2D eigenvalue weighted by atomic mass is 9.87. The summed E-state index contributed by atoms with van der Waals surface area (Å²) >= 11 is 1.65. The second-order valence-electron chi connectivity index (χ2n) is 9.02. The van der Waals surface area contributed by atoms with E-state index in [0.29, 0.717) is 24.3 Å². The number of ketones is 1. The fourth-order valence-electron chi connectivity index (χ4n) is 4.69. The number of thioether (sulfide) groups is 1. The number of fused-ring (bicyclic) bond motifs is 1. The van der Waals surface area contributed by atoms with Crippen LogP contribution in [-0.4, -0.2) is 28.3 Å². The molecule has 0 fully saturated rings. The Balaban J connectivity index is 1.48. The standard InChI is InChI=1S/C30H29N3O3S/c1-31-30(35)22-9-5-10-23(17-22)37-19-26-24-11-6-12-27(34)25(24)13-14-28(26)36-29(18-33-16-15-32-20-33)21-7-3-2-4-8-21/h2-5,7-10,13-17,20,29H,6,11-12,18-19H2,1H3,(H,31,35). The van der Waals surface area contributed by atoms with E-state index in [9.17, 15) is 9.59 Å². The Hall–Kier alpha value is -3.84. The molecule has 1 N–H and O–H groups in total. The summed E-state index contributed by atoms with van der Waals surface area (Å²) in [5, 5.41) is 2.68. The maximum Gasteiger partial charge on any atom is 0.251 e. The number of imidazole rings is 1. The fraction of sp³-hybridized carbons (Fsp3) is 0.233. The zero-order chi connectivity index (χ0) is 25.6. The van der Waals surface area contributed by atoms with Gasteiger partial charge in [0.2, 0.25) is 0 Å². The van der Waals surface area contributed by atoms with Crippen molar-refractivity contribution in [3.05, 3.63) is 113 Å². The summed E-state index contributed by atoms with van der Waals surface area (Å²) in [5.74, 6) is 1.51. The Bertz CT molecular complexity index is 1390. The van der Waals surface area contributed by atoms with E-state index in [1.807, 2.05) is 59.3 Å². The molecule has 1 aliphatic rings. The first-order chi connectivity index (χ1) is 18.1. The fourth-order valence-corrected chi connectivity index (χ4v) is 5.70. The number of carbonyl (C=O) groups is 2. The molecule has 5 rings (SSSR count). The van der Waals surface area contributed by atoms with Crippen molar-refractivity contribution in [3.63, 3.8) is 0 Å². The van der Waals surface area contributed by atoms with Crippen LogP contribution in [0.25, 0.3) is 0 Å². The predicted molar refractivity (Wildman–Crippen MR) is 145 cm³/mol. The van der Waals surface area contributed by atoms with Gasteiger partial charge >= 0.3 is 0 Å². The molecule has 0 radical (unpaired) electrons. The number of benzene rings is 3. The van der Waals surface area contributed by atoms with E-state index in [1.54, 1.807) is 37.4 Å². The lowest BCUT2D eigenvalue weighted by molar-refractivity contribution is 0.0958. The quantitative estimate of drug-likeness (QED) is 0.284. The summed E-state index contributed by atoms with van der Waals surface area (Å²) in [6, 6.07) is 21.6. The van der Waals surface area contributed by atoms with Gasteiger partial charge in [0, 0.05) is 53.2 Å². The van der Waals surface area contributed by atoms with Crippen LogP contribution in [0.5, 0.6) is 5.75 Å². The third-order valence-electron chi connectivity index (χ3n) is 6.60. The van der Waals surface area contributed by atoms with Gasteiger partial charge in [0.1, 0.15) is 11.9 Å². The first-order valence-electron chi connectivity index (χ1n) is 12.4. The van der Waals surface area contributed by atoms with Crippen LogP contribution in [0.3, 0.4) is 0 Å². The van der Waals surface area contributed by atoms with Crippen LogP contribution in [0, 0.1) is 0 Å². The molecule has 0 saturated heterocycles. The van der Waals surface area contributed by atoms with Gasteiger partial charge in [0.25, 0.3) is 5.91 Å². The molecular weight excluding hydrogens is 482 g/mol.